The number of nitrogens with zero attached hydrogens (tertiary/aromatic N) is 1. The number of ether oxygens (including phenoxy) is 2. The molecule has 1 radical (unpaired) electrons. The van der Waals surface area contributed by atoms with E-state index in [0.29, 0.717) is 0 Å². The van der Waals surface area contributed by atoms with Gasteiger partial charge in [0.1, 0.15) is 17.7 Å². The normalized spacial score (nSPS) is 12.5. The summed E-state index contributed by atoms with van der Waals surface area (Å²) in [7, 11) is 0. The van der Waals surface area contributed by atoms with Crippen LogP contribution in [0.15, 0.2) is 35.3 Å². The number of benzene rings is 1. The Morgan fingerprint density at radius 3 is 2.36 bits per heavy atom. The van der Waals surface area contributed by atoms with E-state index in [-0.39, 0.29) is 50.1 Å². The number of hydrogen-bond donors (Lipinski definition) is 0. The first-order valence-corrected chi connectivity index (χ1v) is 6.25. The zero-order chi connectivity index (χ0) is 15.2. The Morgan fingerprint density at radius 1 is 1.32 bits per heavy atom. The predicted molar refractivity (Wildman–Crippen MR) is 89.1 cm³/mol. The molecule has 22 heavy (non-hydrogen) atoms. The molecule has 0 unspecified atom stereocenters. The standard InChI is InChI=1S/C15H20NO4.HI.Zn/c1-11(13(17)20-15(2,3)4)16-14(18)19-10-12-8-6-5-7-9-12;;/h5-9,11H,1,10H2,2-4H3,(H,16,18);1H;/p-1/t11-;;/m0../s1. The minimum atomic E-state index is -1.13. The quantitative estimate of drug-likeness (QED) is 0.222. The van der Waals surface area contributed by atoms with E-state index in [4.69, 9.17) is 9.47 Å². The van der Waals surface area contributed by atoms with Gasteiger partial charge in [-0.2, -0.15) is 0 Å². The number of esters is 1. The Hall–Kier alpha value is -0.687. The molecule has 0 aliphatic rings. The van der Waals surface area contributed by atoms with Crippen molar-refractivity contribution in [2.45, 2.75) is 39.0 Å². The molecule has 0 aromatic heterocycles. The van der Waals surface area contributed by atoms with Gasteiger partial charge in [0.05, 0.1) is 0 Å². The summed E-state index contributed by atoms with van der Waals surface area (Å²) < 4.78 is 9.99. The number of carbonyl (C=O) groups is 1. The van der Waals surface area contributed by atoms with Crippen LogP contribution in [-0.2, 0) is 40.4 Å². The number of hydrogen-bond acceptors (Lipinski definition) is 5. The topological polar surface area (TPSA) is 71.0 Å². The van der Waals surface area contributed by atoms with E-state index in [1.807, 2.05) is 30.3 Å². The zero-order valence-corrected chi connectivity index (χ0v) is 18.4. The molecule has 1 aromatic rings. The molecule has 0 N–H and O–H groups in total. The molecule has 0 aliphatic heterocycles. The molecule has 0 amide bonds. The number of aliphatic imine (C=N–C) groups is 1. The van der Waals surface area contributed by atoms with Crippen molar-refractivity contribution in [3.63, 3.8) is 0 Å². The summed E-state index contributed by atoms with van der Waals surface area (Å²) in [5.41, 5.74) is 0.199. The second-order valence-electron chi connectivity index (χ2n) is 5.22. The van der Waals surface area contributed by atoms with Gasteiger partial charge >= 0.3 is 5.97 Å². The van der Waals surface area contributed by atoms with Crippen molar-refractivity contribution in [3.05, 3.63) is 42.8 Å². The van der Waals surface area contributed by atoms with Crippen LogP contribution >= 0.6 is 24.0 Å². The summed E-state index contributed by atoms with van der Waals surface area (Å²) >= 11 is 0. The Kier molecular flexibility index (Phi) is 11.7. The molecule has 5 nitrogen and oxygen atoms in total. The maximum atomic E-state index is 11.6. The van der Waals surface area contributed by atoms with Gasteiger partial charge in [0, 0.05) is 26.1 Å². The number of rotatable bonds is 4. The van der Waals surface area contributed by atoms with Gasteiger partial charge < -0.3 is 14.6 Å². The average molecular weight is 471 g/mol. The fourth-order valence-corrected chi connectivity index (χ4v) is 1.31. The summed E-state index contributed by atoms with van der Waals surface area (Å²) in [6.07, 6.45) is -0.834. The molecular formula is C15H20INO4Zn-. The number of halogens is 1. The second kappa shape index (κ2) is 10.9. The smallest absolute Gasteiger partial charge is 0.331 e. The van der Waals surface area contributed by atoms with Crippen molar-refractivity contribution < 1.29 is 38.9 Å². The summed E-state index contributed by atoms with van der Waals surface area (Å²) in [5, 5.41) is 11.5. The number of carbonyl (C=O) groups excluding carboxylic acids is 1. The van der Waals surface area contributed by atoms with E-state index >= 15 is 0 Å². The van der Waals surface area contributed by atoms with Crippen LogP contribution < -0.4 is 5.11 Å². The van der Waals surface area contributed by atoms with Crippen LogP contribution in [0.4, 0.5) is 0 Å². The minimum absolute atomic E-state index is 0. The first-order valence-electron chi connectivity index (χ1n) is 6.25. The fraction of sp³-hybridized carbons (Fsp3) is 0.400. The third-order valence-electron chi connectivity index (χ3n) is 2.15. The largest absolute Gasteiger partial charge is 0.596 e. The van der Waals surface area contributed by atoms with E-state index in [0.717, 1.165) is 5.56 Å². The van der Waals surface area contributed by atoms with Crippen LogP contribution in [0, 0.1) is 6.92 Å². The molecule has 1 atom stereocenters. The minimum Gasteiger partial charge on any atom is -0.596 e. The predicted octanol–water partition coefficient (Wildman–Crippen LogP) is 2.08. The molecular weight excluding hydrogens is 450 g/mol. The van der Waals surface area contributed by atoms with E-state index in [1.54, 1.807) is 20.8 Å². The van der Waals surface area contributed by atoms with Crippen molar-refractivity contribution in [2.75, 3.05) is 0 Å². The molecule has 0 spiro atoms. The summed E-state index contributed by atoms with van der Waals surface area (Å²) in [5.74, 6) is -0.658. The van der Waals surface area contributed by atoms with E-state index < -0.39 is 23.7 Å². The van der Waals surface area contributed by atoms with Gasteiger partial charge in [0.25, 0.3) is 0 Å². The maximum Gasteiger partial charge on any atom is 0.331 e. The molecule has 0 saturated carbocycles. The van der Waals surface area contributed by atoms with Crippen molar-refractivity contribution >= 4 is 36.0 Å². The van der Waals surface area contributed by atoms with Crippen molar-refractivity contribution in [1.29, 1.82) is 0 Å². The van der Waals surface area contributed by atoms with Gasteiger partial charge in [-0.25, -0.2) is 4.79 Å². The van der Waals surface area contributed by atoms with Gasteiger partial charge in [-0.05, 0) is 33.3 Å². The molecule has 7 heteroatoms. The summed E-state index contributed by atoms with van der Waals surface area (Å²) in [6, 6.07) is 8.06. The van der Waals surface area contributed by atoms with Gasteiger partial charge in [-0.1, -0.05) is 30.3 Å². The Labute approximate surface area is 161 Å². The fourth-order valence-electron chi connectivity index (χ4n) is 1.31. The molecule has 0 heterocycles. The van der Waals surface area contributed by atoms with Gasteiger partial charge in [0.15, 0.2) is 0 Å². The van der Waals surface area contributed by atoms with Crippen molar-refractivity contribution in [3.8, 4) is 0 Å². The molecule has 119 valence electrons. The van der Waals surface area contributed by atoms with E-state index in [2.05, 4.69) is 11.9 Å². The van der Waals surface area contributed by atoms with E-state index in [9.17, 15) is 9.90 Å². The molecule has 0 saturated heterocycles. The van der Waals surface area contributed by atoms with Crippen molar-refractivity contribution in [2.24, 2.45) is 4.99 Å². The van der Waals surface area contributed by atoms with Crippen LogP contribution in [0.3, 0.4) is 0 Å². The van der Waals surface area contributed by atoms with Gasteiger partial charge in [-0.15, -0.1) is 24.0 Å². The van der Waals surface area contributed by atoms with E-state index in [1.165, 1.54) is 0 Å². The third-order valence-corrected chi connectivity index (χ3v) is 2.15. The van der Waals surface area contributed by atoms with Crippen LogP contribution in [0.2, 0.25) is 0 Å². The Morgan fingerprint density at radius 2 is 1.86 bits per heavy atom. The van der Waals surface area contributed by atoms with Crippen LogP contribution in [0.25, 0.3) is 0 Å². The average Bonchev–Trinajstić information content (AvgIpc) is 2.35. The van der Waals surface area contributed by atoms with Crippen molar-refractivity contribution in [1.82, 2.24) is 0 Å². The van der Waals surface area contributed by atoms with Crippen LogP contribution in [0.5, 0.6) is 0 Å². The summed E-state index contributed by atoms with van der Waals surface area (Å²) in [4.78, 5) is 15.1. The first-order chi connectivity index (χ1) is 9.28. The molecule has 1 rings (SSSR count). The molecule has 1 aromatic carbocycles. The molecule has 0 fully saturated rings. The maximum absolute atomic E-state index is 11.6. The molecule has 0 aliphatic carbocycles. The monoisotopic (exact) mass is 469 g/mol. The zero-order valence-electron chi connectivity index (χ0n) is 13.1. The summed E-state index contributed by atoms with van der Waals surface area (Å²) in [6.45, 7) is 8.76. The molecule has 0 bridgehead atoms. The SMILES string of the molecule is I.[CH2][C@H](N=C([O-])OCc1ccccc1)C(=O)OC(C)(C)C.[Zn]. The van der Waals surface area contributed by atoms with Gasteiger partial charge in [-0.3, -0.25) is 4.99 Å². The van der Waals surface area contributed by atoms with Gasteiger partial charge in [0.2, 0.25) is 0 Å². The third kappa shape index (κ3) is 10.1. The Balaban J connectivity index is 0. The Bertz CT molecular complexity index is 474. The van der Waals surface area contributed by atoms with Crippen LogP contribution in [0.1, 0.15) is 26.3 Å². The van der Waals surface area contributed by atoms with Crippen LogP contribution in [-0.4, -0.2) is 23.7 Å². The first kappa shape index (κ1) is 23.6. The second-order valence-corrected chi connectivity index (χ2v) is 5.22.